The molecular weight excluding hydrogens is 338 g/mol. The second-order valence-electron chi connectivity index (χ2n) is 6.44. The van der Waals surface area contributed by atoms with Gasteiger partial charge in [0.1, 0.15) is 0 Å². The lowest BCUT2D eigenvalue weighted by atomic mass is 10.1. The fourth-order valence-electron chi connectivity index (χ4n) is 3.18. The van der Waals surface area contributed by atoms with Gasteiger partial charge in [-0.3, -0.25) is 14.3 Å². The van der Waals surface area contributed by atoms with Crippen molar-refractivity contribution in [3.05, 3.63) is 64.2 Å². The number of sulfonamides is 1. The van der Waals surface area contributed by atoms with Gasteiger partial charge in [-0.15, -0.1) is 0 Å². The van der Waals surface area contributed by atoms with E-state index in [9.17, 15) is 13.2 Å². The van der Waals surface area contributed by atoms with E-state index in [0.29, 0.717) is 11.2 Å². The molecule has 2 N–H and O–H groups in total. The van der Waals surface area contributed by atoms with E-state index in [2.05, 4.69) is 4.98 Å². The Morgan fingerprint density at radius 1 is 1.20 bits per heavy atom. The van der Waals surface area contributed by atoms with E-state index in [0.717, 1.165) is 29.4 Å². The maximum atomic E-state index is 12.5. The summed E-state index contributed by atoms with van der Waals surface area (Å²) in [4.78, 5) is 16.7. The summed E-state index contributed by atoms with van der Waals surface area (Å²) in [6.45, 7) is 1.88. The van der Waals surface area contributed by atoms with Crippen molar-refractivity contribution in [1.82, 2.24) is 9.55 Å². The Labute approximate surface area is 145 Å². The summed E-state index contributed by atoms with van der Waals surface area (Å²) in [7, 11) is -3.88. The highest BCUT2D eigenvalue weighted by atomic mass is 32.2. The van der Waals surface area contributed by atoms with Crippen LogP contribution in [0, 0.1) is 6.92 Å². The third-order valence-electron chi connectivity index (χ3n) is 4.60. The van der Waals surface area contributed by atoms with Crippen LogP contribution < -0.4 is 10.7 Å². The molecule has 2 heterocycles. The lowest BCUT2D eigenvalue weighted by molar-refractivity contribution is 0.596. The molecule has 0 bridgehead atoms. The first-order valence-corrected chi connectivity index (χ1v) is 9.54. The Morgan fingerprint density at radius 2 is 1.96 bits per heavy atom. The van der Waals surface area contributed by atoms with Gasteiger partial charge >= 0.3 is 0 Å². The minimum Gasteiger partial charge on any atom is -0.275 e. The zero-order valence-corrected chi connectivity index (χ0v) is 14.5. The first-order chi connectivity index (χ1) is 11.9. The van der Waals surface area contributed by atoms with Crippen molar-refractivity contribution in [3.63, 3.8) is 0 Å². The van der Waals surface area contributed by atoms with E-state index in [1.54, 1.807) is 24.5 Å². The van der Waals surface area contributed by atoms with Gasteiger partial charge in [-0.25, -0.2) is 13.6 Å². The summed E-state index contributed by atoms with van der Waals surface area (Å²) in [6.07, 6.45) is 5.16. The van der Waals surface area contributed by atoms with Gasteiger partial charge in [0.05, 0.1) is 22.3 Å². The number of aryl methyl sites for hydroxylation is 1. The standard InChI is InChI=1S/C18H17N3O3S/c1-11-6-7-20-10-16(11)21-15-9-17(25(19,23)24)14(12-2-3-12)8-13(15)4-5-18(21)22/h4-10,12H,2-3H2,1H3,(H2,19,23,24). The topological polar surface area (TPSA) is 95.0 Å². The second-order valence-corrected chi connectivity index (χ2v) is 7.97. The van der Waals surface area contributed by atoms with Gasteiger partial charge in [0.25, 0.3) is 5.56 Å². The molecule has 0 unspecified atom stereocenters. The van der Waals surface area contributed by atoms with Gasteiger partial charge in [-0.05, 0) is 66.5 Å². The average molecular weight is 355 g/mol. The molecule has 2 aromatic heterocycles. The molecule has 1 aliphatic rings. The maximum absolute atomic E-state index is 12.5. The van der Waals surface area contributed by atoms with E-state index in [1.807, 2.05) is 13.0 Å². The third kappa shape index (κ3) is 2.75. The molecule has 1 aliphatic carbocycles. The SMILES string of the molecule is Cc1ccncc1-n1c(=O)ccc2cc(C3CC3)c(S(N)(=O)=O)cc21. The van der Waals surface area contributed by atoms with Crippen LogP contribution in [0.3, 0.4) is 0 Å². The molecule has 1 fully saturated rings. The van der Waals surface area contributed by atoms with Gasteiger partial charge in [-0.1, -0.05) is 0 Å². The molecule has 3 aromatic rings. The molecule has 25 heavy (non-hydrogen) atoms. The fourth-order valence-corrected chi connectivity index (χ4v) is 4.01. The number of hydrogen-bond donors (Lipinski definition) is 1. The van der Waals surface area contributed by atoms with Crippen molar-refractivity contribution in [2.24, 2.45) is 5.14 Å². The van der Waals surface area contributed by atoms with Crippen LogP contribution >= 0.6 is 0 Å². The summed E-state index contributed by atoms with van der Waals surface area (Å²) >= 11 is 0. The summed E-state index contributed by atoms with van der Waals surface area (Å²) < 4.78 is 25.7. The predicted molar refractivity (Wildman–Crippen MR) is 95.4 cm³/mol. The quantitative estimate of drug-likeness (QED) is 0.779. The number of fused-ring (bicyclic) bond motifs is 1. The summed E-state index contributed by atoms with van der Waals surface area (Å²) in [6, 6.07) is 8.38. The summed E-state index contributed by atoms with van der Waals surface area (Å²) in [5, 5.41) is 6.25. The van der Waals surface area contributed by atoms with Gasteiger partial charge < -0.3 is 0 Å². The minimum absolute atomic E-state index is 0.100. The lowest BCUT2D eigenvalue weighted by Gasteiger charge is -2.15. The number of nitrogens with zero attached hydrogens (tertiary/aromatic N) is 2. The normalized spacial score (nSPS) is 14.8. The van der Waals surface area contributed by atoms with E-state index >= 15 is 0 Å². The van der Waals surface area contributed by atoms with Crippen LogP contribution in [0.25, 0.3) is 16.6 Å². The Kier molecular flexibility index (Phi) is 3.52. The summed E-state index contributed by atoms with van der Waals surface area (Å²) in [5.74, 6) is 0.221. The van der Waals surface area contributed by atoms with E-state index in [-0.39, 0.29) is 16.4 Å². The van der Waals surface area contributed by atoms with E-state index < -0.39 is 10.0 Å². The third-order valence-corrected chi connectivity index (χ3v) is 5.57. The van der Waals surface area contributed by atoms with Gasteiger partial charge in [-0.2, -0.15) is 0 Å². The van der Waals surface area contributed by atoms with Crippen molar-refractivity contribution in [2.75, 3.05) is 0 Å². The smallest absolute Gasteiger partial charge is 0.255 e. The van der Waals surface area contributed by atoms with Crippen LogP contribution in [0.5, 0.6) is 0 Å². The maximum Gasteiger partial charge on any atom is 0.255 e. The first kappa shape index (κ1) is 16.0. The van der Waals surface area contributed by atoms with Crippen LogP contribution in [0.4, 0.5) is 0 Å². The number of hydrogen-bond acceptors (Lipinski definition) is 4. The molecular formula is C18H17N3O3S. The van der Waals surface area contributed by atoms with E-state index in [1.165, 1.54) is 16.7 Å². The Hall–Kier alpha value is -2.51. The molecule has 128 valence electrons. The average Bonchev–Trinajstić information content (AvgIpc) is 3.39. The molecule has 1 aromatic carbocycles. The highest BCUT2D eigenvalue weighted by Gasteiger charge is 2.30. The van der Waals surface area contributed by atoms with E-state index in [4.69, 9.17) is 5.14 Å². The molecule has 0 saturated heterocycles. The van der Waals surface area contributed by atoms with Gasteiger partial charge in [0.2, 0.25) is 10.0 Å². The minimum atomic E-state index is -3.88. The largest absolute Gasteiger partial charge is 0.275 e. The number of benzene rings is 1. The number of aromatic nitrogens is 2. The summed E-state index contributed by atoms with van der Waals surface area (Å²) in [5.41, 5.74) is 2.49. The molecule has 0 amide bonds. The molecule has 4 rings (SSSR count). The highest BCUT2D eigenvalue weighted by molar-refractivity contribution is 7.89. The van der Waals surface area contributed by atoms with Crippen molar-refractivity contribution >= 4 is 20.9 Å². The van der Waals surface area contributed by atoms with Crippen LogP contribution in [0.1, 0.15) is 29.9 Å². The number of nitrogens with two attached hydrogens (primary N) is 1. The molecule has 6 nitrogen and oxygen atoms in total. The second kappa shape index (κ2) is 5.50. The number of primary sulfonamides is 1. The number of rotatable bonds is 3. The molecule has 0 spiro atoms. The van der Waals surface area contributed by atoms with Crippen molar-refractivity contribution in [1.29, 1.82) is 0 Å². The van der Waals surface area contributed by atoms with Crippen LogP contribution in [-0.4, -0.2) is 18.0 Å². The molecule has 1 saturated carbocycles. The van der Waals surface area contributed by atoms with Crippen LogP contribution in [-0.2, 0) is 10.0 Å². The van der Waals surface area contributed by atoms with Crippen molar-refractivity contribution in [2.45, 2.75) is 30.6 Å². The lowest BCUT2D eigenvalue weighted by Crippen LogP contribution is -2.20. The Morgan fingerprint density at radius 3 is 2.60 bits per heavy atom. The Balaban J connectivity index is 2.12. The Bertz CT molecular complexity index is 1160. The molecule has 0 radical (unpaired) electrons. The van der Waals surface area contributed by atoms with Gasteiger partial charge in [0, 0.05) is 12.3 Å². The van der Waals surface area contributed by atoms with Crippen LogP contribution in [0.15, 0.2) is 52.4 Å². The molecule has 7 heteroatoms. The monoisotopic (exact) mass is 355 g/mol. The zero-order valence-electron chi connectivity index (χ0n) is 13.6. The number of pyridine rings is 2. The molecule has 0 atom stereocenters. The van der Waals surface area contributed by atoms with Crippen molar-refractivity contribution < 1.29 is 8.42 Å². The van der Waals surface area contributed by atoms with Crippen LogP contribution in [0.2, 0.25) is 0 Å². The fraction of sp³-hybridized carbons (Fsp3) is 0.222. The zero-order chi connectivity index (χ0) is 17.8. The highest BCUT2D eigenvalue weighted by Crippen LogP contribution is 2.43. The predicted octanol–water partition coefficient (Wildman–Crippen LogP) is 2.22. The van der Waals surface area contributed by atoms with Gasteiger partial charge in [0.15, 0.2) is 0 Å². The first-order valence-electron chi connectivity index (χ1n) is 8.00. The molecule has 0 aliphatic heterocycles. The van der Waals surface area contributed by atoms with Crippen molar-refractivity contribution in [3.8, 4) is 5.69 Å².